The predicted octanol–water partition coefficient (Wildman–Crippen LogP) is 3.47. The van der Waals surface area contributed by atoms with Crippen molar-refractivity contribution in [2.45, 2.75) is 6.92 Å². The fourth-order valence-corrected chi connectivity index (χ4v) is 2.06. The van der Waals surface area contributed by atoms with E-state index in [4.69, 9.17) is 14.2 Å². The van der Waals surface area contributed by atoms with Gasteiger partial charge in [0, 0.05) is 11.1 Å². The molecular formula is C17H17FO4. The number of rotatable bonds is 6. The number of methoxy groups -OCH3 is 2. The highest BCUT2D eigenvalue weighted by Gasteiger charge is 2.15. The Morgan fingerprint density at radius 1 is 0.955 bits per heavy atom. The molecule has 2 aromatic rings. The van der Waals surface area contributed by atoms with Gasteiger partial charge < -0.3 is 14.2 Å². The summed E-state index contributed by atoms with van der Waals surface area (Å²) in [5.74, 6) is 0.238. The molecule has 0 radical (unpaired) electrons. The SMILES string of the molecule is CCOc1cc(C(=O)c2ccc(OC)c(F)c2)ccc1OC. The Labute approximate surface area is 128 Å². The highest BCUT2D eigenvalue weighted by molar-refractivity contribution is 6.09. The van der Waals surface area contributed by atoms with Gasteiger partial charge in [0.2, 0.25) is 0 Å². The van der Waals surface area contributed by atoms with Gasteiger partial charge in [-0.1, -0.05) is 0 Å². The van der Waals surface area contributed by atoms with Crippen molar-refractivity contribution in [2.75, 3.05) is 20.8 Å². The largest absolute Gasteiger partial charge is 0.494 e. The summed E-state index contributed by atoms with van der Waals surface area (Å²) < 4.78 is 29.2. The smallest absolute Gasteiger partial charge is 0.193 e. The Kier molecular flexibility index (Phi) is 4.99. The number of ether oxygens (including phenoxy) is 3. The van der Waals surface area contributed by atoms with Crippen molar-refractivity contribution in [3.8, 4) is 17.2 Å². The summed E-state index contributed by atoms with van der Waals surface area (Å²) >= 11 is 0. The Bertz CT molecular complexity index is 682. The van der Waals surface area contributed by atoms with Crippen molar-refractivity contribution in [3.05, 3.63) is 53.3 Å². The van der Waals surface area contributed by atoms with Crippen LogP contribution < -0.4 is 14.2 Å². The van der Waals surface area contributed by atoms with E-state index in [9.17, 15) is 9.18 Å². The Morgan fingerprint density at radius 2 is 1.55 bits per heavy atom. The summed E-state index contributed by atoms with van der Waals surface area (Å²) in [5.41, 5.74) is 0.639. The molecule has 116 valence electrons. The molecule has 0 aromatic heterocycles. The molecule has 0 heterocycles. The van der Waals surface area contributed by atoms with E-state index >= 15 is 0 Å². The third-order valence-electron chi connectivity index (χ3n) is 3.14. The third-order valence-corrected chi connectivity index (χ3v) is 3.14. The average molecular weight is 304 g/mol. The molecule has 0 aliphatic rings. The highest BCUT2D eigenvalue weighted by Crippen LogP contribution is 2.29. The molecule has 0 aliphatic heterocycles. The number of hydrogen-bond donors (Lipinski definition) is 0. The summed E-state index contributed by atoms with van der Waals surface area (Å²) in [6.45, 7) is 2.29. The van der Waals surface area contributed by atoms with Crippen LogP contribution in [0.25, 0.3) is 0 Å². The molecule has 0 bridgehead atoms. The minimum Gasteiger partial charge on any atom is -0.494 e. The van der Waals surface area contributed by atoms with Gasteiger partial charge in [-0.2, -0.15) is 0 Å². The van der Waals surface area contributed by atoms with E-state index in [1.54, 1.807) is 18.2 Å². The number of hydrogen-bond acceptors (Lipinski definition) is 4. The van der Waals surface area contributed by atoms with Crippen molar-refractivity contribution in [2.24, 2.45) is 0 Å². The maximum absolute atomic E-state index is 13.7. The molecule has 0 aliphatic carbocycles. The Balaban J connectivity index is 2.36. The van der Waals surface area contributed by atoms with Gasteiger partial charge in [-0.25, -0.2) is 4.39 Å². The summed E-state index contributed by atoms with van der Waals surface area (Å²) in [7, 11) is 2.90. The van der Waals surface area contributed by atoms with Gasteiger partial charge in [0.15, 0.2) is 28.8 Å². The first-order valence-corrected chi connectivity index (χ1v) is 6.79. The molecule has 0 atom stereocenters. The van der Waals surface area contributed by atoms with E-state index in [-0.39, 0.29) is 17.1 Å². The lowest BCUT2D eigenvalue weighted by molar-refractivity contribution is 0.103. The molecule has 0 spiro atoms. The van der Waals surface area contributed by atoms with Crippen LogP contribution in [-0.4, -0.2) is 26.6 Å². The highest BCUT2D eigenvalue weighted by atomic mass is 19.1. The average Bonchev–Trinajstić information content (AvgIpc) is 2.54. The number of ketones is 1. The standard InChI is InChI=1S/C17H17FO4/c1-4-22-16-10-12(6-8-15(16)21-3)17(19)11-5-7-14(20-2)13(18)9-11/h5-10H,4H2,1-3H3. The summed E-state index contributed by atoms with van der Waals surface area (Å²) in [4.78, 5) is 12.5. The molecular weight excluding hydrogens is 287 g/mol. The van der Waals surface area contributed by atoms with E-state index in [0.29, 0.717) is 23.7 Å². The fourth-order valence-electron chi connectivity index (χ4n) is 2.06. The second kappa shape index (κ2) is 6.93. The summed E-state index contributed by atoms with van der Waals surface area (Å²) in [5, 5.41) is 0. The predicted molar refractivity (Wildman–Crippen MR) is 80.5 cm³/mol. The van der Waals surface area contributed by atoms with Gasteiger partial charge in [-0.05, 0) is 43.3 Å². The Morgan fingerprint density at radius 3 is 2.09 bits per heavy atom. The molecule has 0 fully saturated rings. The molecule has 5 heteroatoms. The first kappa shape index (κ1) is 15.8. The van der Waals surface area contributed by atoms with Gasteiger partial charge in [0.25, 0.3) is 0 Å². The van der Waals surface area contributed by atoms with Crippen LogP contribution in [0.2, 0.25) is 0 Å². The van der Waals surface area contributed by atoms with E-state index in [1.165, 1.54) is 26.4 Å². The maximum Gasteiger partial charge on any atom is 0.193 e. The van der Waals surface area contributed by atoms with E-state index in [2.05, 4.69) is 0 Å². The summed E-state index contributed by atoms with van der Waals surface area (Å²) in [6.07, 6.45) is 0. The van der Waals surface area contributed by atoms with Crippen LogP contribution in [-0.2, 0) is 0 Å². The van der Waals surface area contributed by atoms with Gasteiger partial charge in [-0.3, -0.25) is 4.79 Å². The van der Waals surface area contributed by atoms with Gasteiger partial charge in [0.1, 0.15) is 0 Å². The second-order valence-electron chi connectivity index (χ2n) is 4.48. The number of carbonyl (C=O) groups is 1. The zero-order chi connectivity index (χ0) is 16.1. The maximum atomic E-state index is 13.7. The summed E-state index contributed by atoms with van der Waals surface area (Å²) in [6, 6.07) is 8.97. The first-order valence-electron chi connectivity index (χ1n) is 6.79. The van der Waals surface area contributed by atoms with Crippen molar-refractivity contribution >= 4 is 5.78 Å². The first-order chi connectivity index (χ1) is 10.6. The molecule has 4 nitrogen and oxygen atoms in total. The number of carbonyl (C=O) groups excluding carboxylic acids is 1. The number of halogens is 1. The van der Waals surface area contributed by atoms with Crippen LogP contribution in [0, 0.1) is 5.82 Å². The lowest BCUT2D eigenvalue weighted by Crippen LogP contribution is -2.04. The molecule has 0 N–H and O–H groups in total. The molecule has 2 aromatic carbocycles. The van der Waals surface area contributed by atoms with Crippen molar-refractivity contribution in [1.82, 2.24) is 0 Å². The van der Waals surface area contributed by atoms with Gasteiger partial charge in [-0.15, -0.1) is 0 Å². The zero-order valence-corrected chi connectivity index (χ0v) is 12.7. The molecule has 22 heavy (non-hydrogen) atoms. The van der Waals surface area contributed by atoms with Crippen LogP contribution in [0.15, 0.2) is 36.4 Å². The van der Waals surface area contributed by atoms with Gasteiger partial charge >= 0.3 is 0 Å². The van der Waals surface area contributed by atoms with Crippen LogP contribution in [0.1, 0.15) is 22.8 Å². The van der Waals surface area contributed by atoms with Crippen LogP contribution >= 0.6 is 0 Å². The monoisotopic (exact) mass is 304 g/mol. The van der Waals surface area contributed by atoms with E-state index in [0.717, 1.165) is 6.07 Å². The number of benzene rings is 2. The Hall–Kier alpha value is -2.56. The quantitative estimate of drug-likeness (QED) is 0.767. The molecule has 2 rings (SSSR count). The molecule has 0 amide bonds. The van der Waals surface area contributed by atoms with Crippen molar-refractivity contribution in [1.29, 1.82) is 0 Å². The van der Waals surface area contributed by atoms with Gasteiger partial charge in [0.05, 0.1) is 20.8 Å². The molecule has 0 unspecified atom stereocenters. The van der Waals surface area contributed by atoms with Crippen LogP contribution in [0.3, 0.4) is 0 Å². The normalized spacial score (nSPS) is 10.2. The van der Waals surface area contributed by atoms with E-state index in [1.807, 2.05) is 6.92 Å². The fraction of sp³-hybridized carbons (Fsp3) is 0.235. The van der Waals surface area contributed by atoms with Crippen molar-refractivity contribution < 1.29 is 23.4 Å². The third kappa shape index (κ3) is 3.19. The molecule has 0 saturated heterocycles. The second-order valence-corrected chi connectivity index (χ2v) is 4.48. The van der Waals surface area contributed by atoms with Crippen LogP contribution in [0.4, 0.5) is 4.39 Å². The van der Waals surface area contributed by atoms with E-state index < -0.39 is 5.82 Å². The lowest BCUT2D eigenvalue weighted by Gasteiger charge is -2.11. The zero-order valence-electron chi connectivity index (χ0n) is 12.7. The topological polar surface area (TPSA) is 44.8 Å². The minimum absolute atomic E-state index is 0.0984. The minimum atomic E-state index is -0.577. The lowest BCUT2D eigenvalue weighted by atomic mass is 10.0. The van der Waals surface area contributed by atoms with Crippen LogP contribution in [0.5, 0.6) is 17.2 Å². The van der Waals surface area contributed by atoms with Crippen molar-refractivity contribution in [3.63, 3.8) is 0 Å². The molecule has 0 saturated carbocycles.